The summed E-state index contributed by atoms with van der Waals surface area (Å²) in [6.07, 6.45) is 0.496. The molecule has 0 aromatic heterocycles. The summed E-state index contributed by atoms with van der Waals surface area (Å²) in [4.78, 5) is 20.8. The Morgan fingerprint density at radius 1 is 1.43 bits per heavy atom. The molecule has 1 amide bonds. The van der Waals surface area contributed by atoms with Crippen LogP contribution in [0.15, 0.2) is 0 Å². The maximum Gasteiger partial charge on any atom is 0.305 e. The second-order valence-corrected chi connectivity index (χ2v) is 3.45. The molecule has 6 heteroatoms. The van der Waals surface area contributed by atoms with E-state index in [4.69, 9.17) is 15.6 Å². The van der Waals surface area contributed by atoms with Crippen molar-refractivity contribution in [1.82, 2.24) is 0 Å². The van der Waals surface area contributed by atoms with Crippen molar-refractivity contribution in [1.29, 1.82) is 0 Å². The molecule has 0 saturated carbocycles. The van der Waals surface area contributed by atoms with Gasteiger partial charge in [0.05, 0.1) is 13.0 Å². The van der Waals surface area contributed by atoms with Crippen LogP contribution in [0.1, 0.15) is 12.8 Å². The molecular weight excluding hydrogens is 254 g/mol. The van der Waals surface area contributed by atoms with E-state index in [1.165, 1.54) is 0 Å². The maximum absolute atomic E-state index is 10.7. The first kappa shape index (κ1) is 13.4. The van der Waals surface area contributed by atoms with Gasteiger partial charge in [0.15, 0.2) is 0 Å². The molecule has 0 radical (unpaired) electrons. The predicted octanol–water partition coefficient (Wildman–Crippen LogP) is 0.364. The highest BCUT2D eigenvalue weighted by Gasteiger charge is 2.12. The van der Waals surface area contributed by atoms with Crippen molar-refractivity contribution in [2.75, 3.05) is 18.5 Å². The third-order valence-corrected chi connectivity index (χ3v) is 2.44. The number of carbonyl (C=O) groups excluding carboxylic acids is 1. The lowest BCUT2D eigenvalue weighted by Crippen LogP contribution is -2.25. The molecule has 0 fully saturated rings. The molecule has 0 aromatic rings. The minimum absolute atomic E-state index is 0.0183. The fourth-order valence-electron chi connectivity index (χ4n) is 0.783. The number of hydrogen-bond acceptors (Lipinski definition) is 3. The van der Waals surface area contributed by atoms with E-state index >= 15 is 0 Å². The van der Waals surface area contributed by atoms with Crippen LogP contribution in [-0.4, -0.2) is 35.5 Å². The van der Waals surface area contributed by atoms with Crippen molar-refractivity contribution >= 4 is 27.8 Å². The number of ether oxygens (including phenoxy) is 1. The van der Waals surface area contributed by atoms with E-state index in [-0.39, 0.29) is 24.9 Å². The van der Waals surface area contributed by atoms with E-state index in [1.54, 1.807) is 0 Å². The van der Waals surface area contributed by atoms with E-state index in [0.29, 0.717) is 18.4 Å². The molecule has 1 atom stereocenters. The minimum Gasteiger partial charge on any atom is -0.481 e. The standard InChI is InChI=1S/C8H14BrNO4/c9-5-6(8(10)13)1-3-14-4-2-7(11)12/h6H,1-5H2,(H2,10,13)(H,11,12). The third kappa shape index (κ3) is 6.85. The molecule has 0 spiro atoms. The van der Waals surface area contributed by atoms with Gasteiger partial charge in [-0.15, -0.1) is 0 Å². The Bertz CT molecular complexity index is 198. The van der Waals surface area contributed by atoms with E-state index in [2.05, 4.69) is 15.9 Å². The second-order valence-electron chi connectivity index (χ2n) is 2.80. The summed E-state index contributed by atoms with van der Waals surface area (Å²) in [5.41, 5.74) is 5.09. The summed E-state index contributed by atoms with van der Waals surface area (Å²) >= 11 is 3.16. The molecule has 14 heavy (non-hydrogen) atoms. The molecular formula is C8H14BrNO4. The summed E-state index contributed by atoms with van der Waals surface area (Å²) < 4.78 is 5.02. The van der Waals surface area contributed by atoms with Gasteiger partial charge in [-0.25, -0.2) is 0 Å². The van der Waals surface area contributed by atoms with Crippen LogP contribution in [0, 0.1) is 5.92 Å². The van der Waals surface area contributed by atoms with Gasteiger partial charge in [-0.3, -0.25) is 9.59 Å². The minimum atomic E-state index is -0.892. The van der Waals surface area contributed by atoms with Crippen LogP contribution in [0.2, 0.25) is 0 Å². The Hall–Kier alpha value is -0.620. The number of carboxylic acids is 1. The summed E-state index contributed by atoms with van der Waals surface area (Å²) in [5.74, 6) is -1.51. The number of nitrogens with two attached hydrogens (primary N) is 1. The Morgan fingerprint density at radius 3 is 2.50 bits per heavy atom. The van der Waals surface area contributed by atoms with Crippen molar-refractivity contribution in [3.63, 3.8) is 0 Å². The van der Waals surface area contributed by atoms with Gasteiger partial charge in [-0.2, -0.15) is 0 Å². The SMILES string of the molecule is NC(=O)C(CBr)CCOCCC(=O)O. The molecule has 0 aromatic carbocycles. The molecule has 5 nitrogen and oxygen atoms in total. The molecule has 3 N–H and O–H groups in total. The van der Waals surface area contributed by atoms with E-state index < -0.39 is 5.97 Å². The monoisotopic (exact) mass is 267 g/mol. The van der Waals surface area contributed by atoms with Crippen molar-refractivity contribution in [3.05, 3.63) is 0 Å². The third-order valence-electron chi connectivity index (χ3n) is 1.66. The number of carboxylic acid groups (broad SMARTS) is 1. The largest absolute Gasteiger partial charge is 0.481 e. The van der Waals surface area contributed by atoms with E-state index in [0.717, 1.165) is 0 Å². The summed E-state index contributed by atoms with van der Waals surface area (Å²) in [6.45, 7) is 0.523. The van der Waals surface area contributed by atoms with E-state index in [9.17, 15) is 9.59 Å². The number of carbonyl (C=O) groups is 2. The van der Waals surface area contributed by atoms with Gasteiger partial charge < -0.3 is 15.6 Å². The number of halogens is 1. The highest BCUT2D eigenvalue weighted by Crippen LogP contribution is 2.06. The Morgan fingerprint density at radius 2 is 2.07 bits per heavy atom. The number of amides is 1. The van der Waals surface area contributed by atoms with Gasteiger partial charge in [0.2, 0.25) is 5.91 Å². The number of aliphatic carboxylic acids is 1. The molecule has 1 unspecified atom stereocenters. The number of primary amides is 1. The Kier molecular flexibility index (Phi) is 7.41. The van der Waals surface area contributed by atoms with Crippen LogP contribution in [-0.2, 0) is 14.3 Å². The number of alkyl halides is 1. The predicted molar refractivity (Wildman–Crippen MR) is 54.2 cm³/mol. The molecule has 0 aliphatic carbocycles. The van der Waals surface area contributed by atoms with Gasteiger partial charge >= 0.3 is 5.97 Å². The maximum atomic E-state index is 10.7. The normalized spacial score (nSPS) is 12.4. The first-order valence-corrected chi connectivity index (χ1v) is 5.35. The van der Waals surface area contributed by atoms with Crippen molar-refractivity contribution in [2.24, 2.45) is 11.7 Å². The molecule has 0 heterocycles. The second kappa shape index (κ2) is 7.75. The van der Waals surface area contributed by atoms with Crippen LogP contribution in [0.5, 0.6) is 0 Å². The summed E-state index contributed by atoms with van der Waals surface area (Å²) in [6, 6.07) is 0. The van der Waals surface area contributed by atoms with Gasteiger partial charge in [-0.05, 0) is 6.42 Å². The number of rotatable bonds is 8. The lowest BCUT2D eigenvalue weighted by Gasteiger charge is -2.09. The first-order chi connectivity index (χ1) is 6.57. The highest BCUT2D eigenvalue weighted by molar-refractivity contribution is 9.09. The zero-order valence-corrected chi connectivity index (χ0v) is 9.33. The molecule has 0 aliphatic heterocycles. The van der Waals surface area contributed by atoms with Crippen molar-refractivity contribution in [3.8, 4) is 0 Å². The van der Waals surface area contributed by atoms with Crippen LogP contribution in [0.25, 0.3) is 0 Å². The molecule has 82 valence electrons. The van der Waals surface area contributed by atoms with Gasteiger partial charge in [-0.1, -0.05) is 15.9 Å². The average molecular weight is 268 g/mol. The van der Waals surface area contributed by atoms with Gasteiger partial charge in [0.1, 0.15) is 0 Å². The van der Waals surface area contributed by atoms with Crippen LogP contribution < -0.4 is 5.73 Å². The van der Waals surface area contributed by atoms with E-state index in [1.807, 2.05) is 0 Å². The first-order valence-electron chi connectivity index (χ1n) is 4.22. The number of hydrogen-bond donors (Lipinski definition) is 2. The fraction of sp³-hybridized carbons (Fsp3) is 0.750. The van der Waals surface area contributed by atoms with Crippen LogP contribution in [0.3, 0.4) is 0 Å². The molecule has 0 bridgehead atoms. The zero-order valence-electron chi connectivity index (χ0n) is 7.74. The zero-order chi connectivity index (χ0) is 11.0. The Labute approximate surface area is 90.7 Å². The smallest absolute Gasteiger partial charge is 0.305 e. The fourth-order valence-corrected chi connectivity index (χ4v) is 1.43. The lowest BCUT2D eigenvalue weighted by molar-refractivity contribution is -0.138. The lowest BCUT2D eigenvalue weighted by atomic mass is 10.1. The topological polar surface area (TPSA) is 89.6 Å². The molecule has 0 rings (SSSR count). The Balaban J connectivity index is 3.42. The van der Waals surface area contributed by atoms with Gasteiger partial charge in [0.25, 0.3) is 0 Å². The molecule has 0 aliphatic rings. The van der Waals surface area contributed by atoms with Gasteiger partial charge in [0, 0.05) is 17.9 Å². The highest BCUT2D eigenvalue weighted by atomic mass is 79.9. The summed E-state index contributed by atoms with van der Waals surface area (Å²) in [7, 11) is 0. The van der Waals surface area contributed by atoms with Crippen molar-refractivity contribution < 1.29 is 19.4 Å². The van der Waals surface area contributed by atoms with Crippen LogP contribution >= 0.6 is 15.9 Å². The summed E-state index contributed by atoms with van der Waals surface area (Å²) in [5, 5.41) is 8.80. The average Bonchev–Trinajstić information content (AvgIpc) is 2.10. The van der Waals surface area contributed by atoms with Crippen LogP contribution in [0.4, 0.5) is 0 Å². The quantitative estimate of drug-likeness (QED) is 0.491. The van der Waals surface area contributed by atoms with Crippen molar-refractivity contribution in [2.45, 2.75) is 12.8 Å². The molecule has 0 saturated heterocycles.